The molecule has 0 bridgehead atoms. The van der Waals surface area contributed by atoms with Crippen LogP contribution in [-0.4, -0.2) is 88.4 Å². The molecule has 21 heteroatoms. The summed E-state index contributed by atoms with van der Waals surface area (Å²) in [6.07, 6.45) is 7.12. The normalized spacial score (nSPS) is 14.3. The van der Waals surface area contributed by atoms with Crippen LogP contribution in [0.15, 0.2) is 128 Å². The van der Waals surface area contributed by atoms with Crippen molar-refractivity contribution in [1.82, 2.24) is 5.32 Å². The molecule has 0 aromatic heterocycles. The van der Waals surface area contributed by atoms with Gasteiger partial charge in [-0.2, -0.15) is 0 Å². The van der Waals surface area contributed by atoms with E-state index in [4.69, 9.17) is 40.1 Å². The minimum atomic E-state index is -4.00. The molecule has 1 amide bonds. The highest BCUT2D eigenvalue weighted by Gasteiger charge is 2.27. The molecule has 6 aromatic carbocycles. The number of piperidine rings is 2. The van der Waals surface area contributed by atoms with Gasteiger partial charge in [-0.25, -0.2) is 27.1 Å². The average Bonchev–Trinajstić information content (AvgIpc) is 3.47. The summed E-state index contributed by atoms with van der Waals surface area (Å²) in [6.45, 7) is 8.44. The number of sulfonamides is 2. The van der Waals surface area contributed by atoms with Crippen LogP contribution in [0.5, 0.6) is 23.0 Å². The molecule has 2 aliphatic rings. The number of aliphatic carboxylic acids is 1. The molecule has 2 fully saturated rings. The third-order valence-electron chi connectivity index (χ3n) is 13.8. The number of anilines is 2. The predicted octanol–water partition coefficient (Wildman–Crippen LogP) is 9.63. The number of carbonyl (C=O) groups is 2. The Morgan fingerprint density at radius 2 is 0.987 bits per heavy atom. The number of carbonyl (C=O) groups excluding carboxylic acids is 1. The Labute approximate surface area is 481 Å². The third kappa shape index (κ3) is 16.5. The van der Waals surface area contributed by atoms with Crippen LogP contribution >= 0.6 is 31.9 Å². The van der Waals surface area contributed by atoms with Gasteiger partial charge in [-0.3, -0.25) is 9.59 Å². The van der Waals surface area contributed by atoms with Crippen molar-refractivity contribution >= 4 is 75.2 Å². The lowest BCUT2D eigenvalue weighted by Crippen LogP contribution is -2.35. The van der Waals surface area contributed by atoms with Crippen molar-refractivity contribution in [2.75, 3.05) is 64.4 Å². The van der Waals surface area contributed by atoms with Crippen LogP contribution in [0.1, 0.15) is 95.1 Å². The number of carboxylic acid groups (broad SMARTS) is 1. The van der Waals surface area contributed by atoms with Crippen molar-refractivity contribution in [3.8, 4) is 23.0 Å². The number of hydrogen-bond donors (Lipinski definition) is 5. The molecular weight excluding hydrogens is 1180 g/mol. The number of ether oxygens (including phenoxy) is 4. The molecule has 424 valence electrons. The first-order valence-electron chi connectivity index (χ1n) is 25.6. The lowest BCUT2D eigenvalue weighted by Gasteiger charge is -2.34. The highest BCUT2D eigenvalue weighted by atomic mass is 79.9. The molecule has 2 unspecified atom stereocenters. The van der Waals surface area contributed by atoms with Crippen molar-refractivity contribution in [3.05, 3.63) is 163 Å². The number of methoxy groups -OCH3 is 4. The van der Waals surface area contributed by atoms with Crippen molar-refractivity contribution < 1.29 is 50.5 Å². The topological polar surface area (TPSA) is 256 Å². The maximum atomic E-state index is 13.6. The van der Waals surface area contributed by atoms with E-state index in [1.807, 2.05) is 36.4 Å². The molecule has 17 nitrogen and oxygen atoms in total. The zero-order valence-corrected chi connectivity index (χ0v) is 50.1. The van der Waals surface area contributed by atoms with Gasteiger partial charge in [0, 0.05) is 52.1 Å². The molecule has 0 aliphatic carbocycles. The lowest BCUT2D eigenvalue weighted by molar-refractivity contribution is -0.136. The fourth-order valence-electron chi connectivity index (χ4n) is 9.77. The van der Waals surface area contributed by atoms with E-state index in [-0.39, 0.29) is 46.1 Å². The number of nitrogens with zero attached hydrogens (tertiary/aromatic N) is 2. The number of aryl methyl sites for hydroxylation is 2. The molecule has 8 rings (SSSR count). The number of nitrogens with one attached hydrogen (secondary N) is 1. The first-order chi connectivity index (χ1) is 37.6. The number of hydrogen-bond acceptors (Lipinski definition) is 13. The number of carboxylic acids is 1. The Morgan fingerprint density at radius 3 is 1.39 bits per heavy atom. The summed E-state index contributed by atoms with van der Waals surface area (Å²) in [6, 6.07) is 33.5. The first kappa shape index (κ1) is 62.0. The van der Waals surface area contributed by atoms with Gasteiger partial charge in [0.15, 0.2) is 0 Å². The number of rotatable bonds is 17. The fraction of sp³-hybridized carbons (Fsp3) is 0.345. The number of benzene rings is 6. The largest absolute Gasteiger partial charge is 0.497 e. The zero-order chi connectivity index (χ0) is 57.6. The van der Waals surface area contributed by atoms with E-state index in [1.165, 1.54) is 81.0 Å². The van der Waals surface area contributed by atoms with Crippen LogP contribution in [0, 0.1) is 13.8 Å². The smallest absolute Gasteiger partial charge is 0.307 e. The molecule has 0 saturated carbocycles. The molecule has 0 radical (unpaired) electrons. The summed E-state index contributed by atoms with van der Waals surface area (Å²) in [4.78, 5) is 28.7. The molecule has 2 atom stereocenters. The van der Waals surface area contributed by atoms with E-state index >= 15 is 0 Å². The minimum absolute atomic E-state index is 0.000570. The number of primary sulfonamides is 2. The van der Waals surface area contributed by atoms with Crippen LogP contribution in [0.25, 0.3) is 0 Å². The predicted molar refractivity (Wildman–Crippen MR) is 316 cm³/mol. The first-order valence-corrected chi connectivity index (χ1v) is 30.3. The summed E-state index contributed by atoms with van der Waals surface area (Å²) in [5.41, 5.74) is 16.7. The molecule has 6 aromatic rings. The number of nitrogens with two attached hydrogens (primary N) is 3. The van der Waals surface area contributed by atoms with Gasteiger partial charge in [-0.15, -0.1) is 0 Å². The Morgan fingerprint density at radius 1 is 0.582 bits per heavy atom. The van der Waals surface area contributed by atoms with Gasteiger partial charge in [0.2, 0.25) is 26.0 Å². The van der Waals surface area contributed by atoms with Gasteiger partial charge in [-0.1, -0.05) is 80.4 Å². The maximum absolute atomic E-state index is 13.6. The summed E-state index contributed by atoms with van der Waals surface area (Å²) in [5, 5.41) is 22.3. The van der Waals surface area contributed by atoms with Crippen molar-refractivity contribution in [2.45, 2.75) is 87.1 Å². The minimum Gasteiger partial charge on any atom is -0.497 e. The van der Waals surface area contributed by atoms with E-state index < -0.39 is 32.1 Å². The standard InChI is InChI=1S/C29H34BrN3O5S.C20H26N2O.C9H10BrNO5S/c1-19-8-7-9-24(33-14-5-4-6-15-33)28(19)29(20-10-12-22(37-2)13-11-20)32-27(34)17-21-16-25(38-3)26(18-23(21)30)39(31,35)36;1-15-7-6-8-18(22-13-4-3-5-14-22)19(15)20(21)16-9-11-17(23-2)12-10-16;1-16-7-2-5(3-9(12)13)6(10)4-8(7)17(11,14)15/h7-13,16,18,29H,4-6,14-15,17H2,1-3H3,(H,32,34)(H2,31,35,36);6-12,20H,3-5,13-14,21H2,1-2H3;2,4H,3H2,1H3,(H,12,13)(H2,11,14,15). The van der Waals surface area contributed by atoms with Crippen molar-refractivity contribution in [1.29, 1.82) is 0 Å². The van der Waals surface area contributed by atoms with Gasteiger partial charge >= 0.3 is 5.97 Å². The molecule has 2 aliphatic heterocycles. The van der Waals surface area contributed by atoms with Crippen LogP contribution in [0.2, 0.25) is 0 Å². The highest BCUT2D eigenvalue weighted by molar-refractivity contribution is 9.10. The van der Waals surface area contributed by atoms with Crippen LogP contribution in [-0.2, 0) is 42.5 Å². The van der Waals surface area contributed by atoms with Gasteiger partial charge in [0.25, 0.3) is 0 Å². The van der Waals surface area contributed by atoms with E-state index in [0.717, 1.165) is 78.5 Å². The SMILES string of the molecule is COc1cc(CC(=O)O)c(Br)cc1S(N)(=O)=O.COc1ccc(C(N)c2c(C)cccc2N2CCCCC2)cc1.COc1ccc(C(NC(=O)Cc2cc(OC)c(S(N)(=O)=O)cc2Br)c2c(C)cccc2N2CCCCC2)cc1. The summed E-state index contributed by atoms with van der Waals surface area (Å²) >= 11 is 6.50. The quantitative estimate of drug-likeness (QED) is 0.0570. The molecule has 2 saturated heterocycles. The van der Waals surface area contributed by atoms with Crippen LogP contribution in [0.4, 0.5) is 11.4 Å². The lowest BCUT2D eigenvalue weighted by atomic mass is 9.91. The summed E-state index contributed by atoms with van der Waals surface area (Å²) < 4.78 is 68.0. The third-order valence-corrected chi connectivity index (χ3v) is 17.1. The van der Waals surface area contributed by atoms with E-state index in [0.29, 0.717) is 20.1 Å². The van der Waals surface area contributed by atoms with Gasteiger partial charge in [0.05, 0.1) is 53.4 Å². The average molecular weight is 1250 g/mol. The number of halogens is 2. The molecule has 2 heterocycles. The highest BCUT2D eigenvalue weighted by Crippen LogP contribution is 2.38. The van der Waals surface area contributed by atoms with Crippen LogP contribution in [0.3, 0.4) is 0 Å². The van der Waals surface area contributed by atoms with Gasteiger partial charge in [-0.05, 0) is 152 Å². The summed E-state index contributed by atoms with van der Waals surface area (Å²) in [5.74, 6) is 0.442. The van der Waals surface area contributed by atoms with Crippen molar-refractivity contribution in [2.24, 2.45) is 16.0 Å². The maximum Gasteiger partial charge on any atom is 0.307 e. The molecule has 0 spiro atoms. The summed E-state index contributed by atoms with van der Waals surface area (Å²) in [7, 11) is -1.97. The zero-order valence-electron chi connectivity index (χ0n) is 45.3. The fourth-order valence-corrected chi connectivity index (χ4v) is 12.4. The number of amides is 1. The second-order valence-corrected chi connectivity index (χ2v) is 23.9. The Balaban J connectivity index is 0.000000212. The van der Waals surface area contributed by atoms with E-state index in [2.05, 4.69) is 109 Å². The van der Waals surface area contributed by atoms with E-state index in [9.17, 15) is 26.4 Å². The Kier molecular flexibility index (Phi) is 22.2. The van der Waals surface area contributed by atoms with Crippen LogP contribution < -0.4 is 50.1 Å². The van der Waals surface area contributed by atoms with Gasteiger partial charge in [0.1, 0.15) is 32.8 Å². The van der Waals surface area contributed by atoms with Gasteiger partial charge < -0.3 is 44.9 Å². The second-order valence-electron chi connectivity index (χ2n) is 19.2. The Hall–Kier alpha value is -6.20. The second kappa shape index (κ2) is 28.3. The molecular formula is C58H70Br2N6O11S2. The monoisotopic (exact) mass is 1250 g/mol. The molecule has 8 N–H and O–H groups in total. The molecule has 79 heavy (non-hydrogen) atoms. The van der Waals surface area contributed by atoms with E-state index in [1.54, 1.807) is 14.2 Å². The Bertz CT molecular complexity index is 3300. The van der Waals surface area contributed by atoms with Crippen molar-refractivity contribution in [3.63, 3.8) is 0 Å².